The Labute approximate surface area is 177 Å². The van der Waals surface area contributed by atoms with E-state index in [9.17, 15) is 23.3 Å². The van der Waals surface area contributed by atoms with Crippen molar-refractivity contribution < 1.29 is 18.1 Å². The van der Waals surface area contributed by atoms with E-state index in [4.69, 9.17) is 0 Å². The first kappa shape index (κ1) is 23.5. The standard InChI is InChI=1S/C21H27N3O5S/c1-15(2)13-23(14-16(3)4)30(28,29)18-11-9-17(10-12-18)22-21(25)19-7-5-6-8-20(19)24(26)27/h5-12,15-16H,13-14H2,1-4H3,(H,22,25). The molecule has 0 radical (unpaired) electrons. The molecule has 0 aliphatic heterocycles. The quantitative estimate of drug-likeness (QED) is 0.472. The lowest BCUT2D eigenvalue weighted by molar-refractivity contribution is -0.385. The highest BCUT2D eigenvalue weighted by Gasteiger charge is 2.26. The van der Waals surface area contributed by atoms with Crippen LogP contribution in [0.25, 0.3) is 0 Å². The fourth-order valence-corrected chi connectivity index (χ4v) is 4.73. The Kier molecular flexibility index (Phi) is 7.69. The van der Waals surface area contributed by atoms with E-state index < -0.39 is 20.9 Å². The number of hydrogen-bond acceptors (Lipinski definition) is 5. The lowest BCUT2D eigenvalue weighted by atomic mass is 10.1. The molecule has 162 valence electrons. The summed E-state index contributed by atoms with van der Waals surface area (Å²) in [6, 6.07) is 11.4. The summed E-state index contributed by atoms with van der Waals surface area (Å²) in [4.78, 5) is 23.0. The van der Waals surface area contributed by atoms with Crippen molar-refractivity contribution in [1.82, 2.24) is 4.31 Å². The highest BCUT2D eigenvalue weighted by Crippen LogP contribution is 2.23. The van der Waals surface area contributed by atoms with Gasteiger partial charge in [-0.2, -0.15) is 4.31 Å². The van der Waals surface area contributed by atoms with Crippen molar-refractivity contribution in [1.29, 1.82) is 0 Å². The lowest BCUT2D eigenvalue weighted by Gasteiger charge is -2.25. The number of anilines is 1. The molecule has 2 aromatic rings. The van der Waals surface area contributed by atoms with Crippen LogP contribution in [0.4, 0.5) is 11.4 Å². The Bertz CT molecular complexity index is 992. The minimum atomic E-state index is -3.68. The lowest BCUT2D eigenvalue weighted by Crippen LogP contribution is -2.37. The second-order valence-electron chi connectivity index (χ2n) is 7.86. The maximum atomic E-state index is 13.0. The highest BCUT2D eigenvalue weighted by atomic mass is 32.2. The molecule has 8 nitrogen and oxygen atoms in total. The number of para-hydroxylation sites is 1. The van der Waals surface area contributed by atoms with Gasteiger partial charge in [-0.1, -0.05) is 39.8 Å². The van der Waals surface area contributed by atoms with E-state index >= 15 is 0 Å². The van der Waals surface area contributed by atoms with E-state index in [1.807, 2.05) is 27.7 Å². The fraction of sp³-hybridized carbons (Fsp3) is 0.381. The number of nitro groups is 1. The van der Waals surface area contributed by atoms with Gasteiger partial charge in [-0.25, -0.2) is 8.42 Å². The third-order valence-corrected chi connectivity index (χ3v) is 6.08. The van der Waals surface area contributed by atoms with E-state index in [1.165, 1.54) is 52.8 Å². The van der Waals surface area contributed by atoms with Crippen molar-refractivity contribution in [2.24, 2.45) is 11.8 Å². The average molecular weight is 434 g/mol. The summed E-state index contributed by atoms with van der Waals surface area (Å²) in [5.41, 5.74) is -0.0252. The summed E-state index contributed by atoms with van der Waals surface area (Å²) in [5.74, 6) is -0.281. The SMILES string of the molecule is CC(C)CN(CC(C)C)S(=O)(=O)c1ccc(NC(=O)c2ccccc2[N+](=O)[O-])cc1. The summed E-state index contributed by atoms with van der Waals surface area (Å²) in [6.07, 6.45) is 0. The largest absolute Gasteiger partial charge is 0.322 e. The molecule has 0 saturated carbocycles. The molecule has 2 aromatic carbocycles. The van der Waals surface area contributed by atoms with E-state index in [-0.39, 0.29) is 28.0 Å². The Balaban J connectivity index is 2.23. The van der Waals surface area contributed by atoms with Crippen LogP contribution >= 0.6 is 0 Å². The van der Waals surface area contributed by atoms with Crippen LogP contribution < -0.4 is 5.32 Å². The van der Waals surface area contributed by atoms with Crippen molar-refractivity contribution in [2.45, 2.75) is 32.6 Å². The van der Waals surface area contributed by atoms with Crippen LogP contribution in [0.1, 0.15) is 38.1 Å². The molecular formula is C21H27N3O5S. The topological polar surface area (TPSA) is 110 Å². The van der Waals surface area contributed by atoms with Gasteiger partial charge in [0, 0.05) is 24.8 Å². The maximum absolute atomic E-state index is 13.0. The van der Waals surface area contributed by atoms with Gasteiger partial charge in [0.15, 0.2) is 0 Å². The van der Waals surface area contributed by atoms with Gasteiger partial charge in [-0.3, -0.25) is 14.9 Å². The van der Waals surface area contributed by atoms with Gasteiger partial charge in [0.25, 0.3) is 11.6 Å². The van der Waals surface area contributed by atoms with Gasteiger partial charge in [0.2, 0.25) is 10.0 Å². The number of amides is 1. The fourth-order valence-electron chi connectivity index (χ4n) is 2.97. The monoisotopic (exact) mass is 433 g/mol. The minimum Gasteiger partial charge on any atom is -0.322 e. The number of nitrogens with zero attached hydrogens (tertiary/aromatic N) is 2. The van der Waals surface area contributed by atoms with Gasteiger partial charge in [0.05, 0.1) is 9.82 Å². The molecular weight excluding hydrogens is 406 g/mol. The summed E-state index contributed by atoms with van der Waals surface area (Å²) in [5, 5.41) is 13.7. The third kappa shape index (κ3) is 5.87. The predicted molar refractivity (Wildman–Crippen MR) is 116 cm³/mol. The first-order valence-electron chi connectivity index (χ1n) is 9.67. The average Bonchev–Trinajstić information content (AvgIpc) is 2.67. The molecule has 0 aliphatic rings. The molecule has 9 heteroatoms. The van der Waals surface area contributed by atoms with Gasteiger partial charge >= 0.3 is 0 Å². The van der Waals surface area contributed by atoms with Crippen LogP contribution in [0, 0.1) is 22.0 Å². The van der Waals surface area contributed by atoms with Gasteiger partial charge < -0.3 is 5.32 Å². The molecule has 0 fully saturated rings. The number of hydrogen-bond donors (Lipinski definition) is 1. The Morgan fingerprint density at radius 2 is 1.53 bits per heavy atom. The molecule has 0 unspecified atom stereocenters. The number of sulfonamides is 1. The number of carbonyl (C=O) groups excluding carboxylic acids is 1. The number of nitro benzene ring substituents is 1. The maximum Gasteiger partial charge on any atom is 0.282 e. The van der Waals surface area contributed by atoms with Gasteiger partial charge in [-0.15, -0.1) is 0 Å². The second kappa shape index (κ2) is 9.82. The third-order valence-electron chi connectivity index (χ3n) is 4.23. The van der Waals surface area contributed by atoms with Crippen molar-refractivity contribution in [3.8, 4) is 0 Å². The van der Waals surface area contributed by atoms with Crippen LogP contribution in [0.15, 0.2) is 53.4 Å². The van der Waals surface area contributed by atoms with Gasteiger partial charge in [0.1, 0.15) is 5.56 Å². The molecule has 0 saturated heterocycles. The van der Waals surface area contributed by atoms with Crippen molar-refractivity contribution in [3.05, 3.63) is 64.2 Å². The molecule has 2 rings (SSSR count). The summed E-state index contributed by atoms with van der Waals surface area (Å²) >= 11 is 0. The Hall–Kier alpha value is -2.78. The number of carbonyl (C=O) groups is 1. The molecule has 0 atom stereocenters. The zero-order chi connectivity index (χ0) is 22.5. The Morgan fingerprint density at radius 3 is 2.03 bits per heavy atom. The molecule has 0 spiro atoms. The zero-order valence-electron chi connectivity index (χ0n) is 17.5. The normalized spacial score (nSPS) is 11.8. The number of nitrogens with one attached hydrogen (secondary N) is 1. The highest BCUT2D eigenvalue weighted by molar-refractivity contribution is 7.89. The summed E-state index contributed by atoms with van der Waals surface area (Å²) < 4.78 is 27.6. The second-order valence-corrected chi connectivity index (χ2v) is 9.80. The molecule has 1 amide bonds. The van der Waals surface area contributed by atoms with Gasteiger partial charge in [-0.05, 0) is 42.2 Å². The molecule has 0 heterocycles. The van der Waals surface area contributed by atoms with Crippen LogP contribution in [0.3, 0.4) is 0 Å². The smallest absolute Gasteiger partial charge is 0.282 e. The number of rotatable bonds is 9. The zero-order valence-corrected chi connectivity index (χ0v) is 18.3. The molecule has 1 N–H and O–H groups in total. The van der Waals surface area contributed by atoms with Crippen molar-refractivity contribution in [2.75, 3.05) is 18.4 Å². The van der Waals surface area contributed by atoms with Crippen molar-refractivity contribution in [3.63, 3.8) is 0 Å². The van der Waals surface area contributed by atoms with E-state index in [1.54, 1.807) is 0 Å². The van der Waals surface area contributed by atoms with Crippen LogP contribution in [-0.2, 0) is 10.0 Å². The van der Waals surface area contributed by atoms with Crippen LogP contribution in [0.2, 0.25) is 0 Å². The minimum absolute atomic E-state index is 0.0701. The summed E-state index contributed by atoms with van der Waals surface area (Å²) in [6.45, 7) is 8.68. The Morgan fingerprint density at radius 1 is 1.00 bits per heavy atom. The van der Waals surface area contributed by atoms with Crippen molar-refractivity contribution >= 4 is 27.3 Å². The van der Waals surface area contributed by atoms with E-state index in [0.717, 1.165) is 0 Å². The first-order chi connectivity index (χ1) is 14.0. The molecule has 0 aromatic heterocycles. The molecule has 0 aliphatic carbocycles. The summed E-state index contributed by atoms with van der Waals surface area (Å²) in [7, 11) is -3.68. The predicted octanol–water partition coefficient (Wildman–Crippen LogP) is 4.15. The van der Waals surface area contributed by atoms with E-state index in [2.05, 4.69) is 5.32 Å². The van der Waals surface area contributed by atoms with E-state index in [0.29, 0.717) is 18.8 Å². The first-order valence-corrected chi connectivity index (χ1v) is 11.1. The molecule has 0 bridgehead atoms. The van der Waals surface area contributed by atoms with Crippen LogP contribution in [-0.4, -0.2) is 36.6 Å². The number of benzene rings is 2. The molecule has 30 heavy (non-hydrogen) atoms. The van der Waals surface area contributed by atoms with Crippen LogP contribution in [0.5, 0.6) is 0 Å².